The van der Waals surface area contributed by atoms with Gasteiger partial charge in [0.2, 0.25) is 0 Å². The summed E-state index contributed by atoms with van der Waals surface area (Å²) in [5.41, 5.74) is 0.797. The smallest absolute Gasteiger partial charge is 0.293 e. The van der Waals surface area contributed by atoms with Gasteiger partial charge in [0.1, 0.15) is 18.1 Å². The lowest BCUT2D eigenvalue weighted by molar-refractivity contribution is -0.123. The lowest BCUT2D eigenvalue weighted by Gasteiger charge is -2.13. The quantitative estimate of drug-likeness (QED) is 0.440. The van der Waals surface area contributed by atoms with Crippen LogP contribution in [0, 0.1) is 0 Å². The van der Waals surface area contributed by atoms with Crippen molar-refractivity contribution >= 4 is 56.5 Å². The first kappa shape index (κ1) is 21.7. The number of thioether (sulfide) groups is 1. The molecule has 2 amide bonds. The lowest BCUT2D eigenvalue weighted by Crippen LogP contribution is -2.32. The number of ether oxygens (including phenoxy) is 2. The zero-order valence-electron chi connectivity index (χ0n) is 15.9. The Hall–Kier alpha value is -1.96. The van der Waals surface area contributed by atoms with Crippen LogP contribution in [-0.4, -0.2) is 35.3 Å². The summed E-state index contributed by atoms with van der Waals surface area (Å²) in [4.78, 5) is 26.4. The Morgan fingerprint density at radius 1 is 1.17 bits per heavy atom. The lowest BCUT2D eigenvalue weighted by atomic mass is 10.2. The minimum absolute atomic E-state index is 0.0571. The molecular formula is C21H19BrClNO4S. The minimum Gasteiger partial charge on any atom is -0.490 e. The molecule has 1 fully saturated rings. The monoisotopic (exact) mass is 495 g/mol. The summed E-state index contributed by atoms with van der Waals surface area (Å²) in [7, 11) is 0. The fourth-order valence-electron chi connectivity index (χ4n) is 2.61. The Kier molecular flexibility index (Phi) is 7.27. The second kappa shape index (κ2) is 9.69. The molecule has 0 N–H and O–H groups in total. The van der Waals surface area contributed by atoms with Gasteiger partial charge < -0.3 is 9.47 Å². The molecule has 2 aromatic carbocycles. The zero-order chi connectivity index (χ0) is 21.0. The van der Waals surface area contributed by atoms with Crippen LogP contribution in [0.3, 0.4) is 0 Å². The Morgan fingerprint density at radius 2 is 1.93 bits per heavy atom. The number of hydrogen-bond donors (Lipinski definition) is 0. The van der Waals surface area contributed by atoms with E-state index in [2.05, 4.69) is 15.9 Å². The van der Waals surface area contributed by atoms with Gasteiger partial charge in [-0.05, 0) is 77.4 Å². The fraction of sp³-hybridized carbons (Fsp3) is 0.238. The summed E-state index contributed by atoms with van der Waals surface area (Å²) in [6.07, 6.45) is 1.76. The summed E-state index contributed by atoms with van der Waals surface area (Å²) in [5.74, 6) is 0.911. The predicted octanol–water partition coefficient (Wildman–Crippen LogP) is 6.01. The summed E-state index contributed by atoms with van der Waals surface area (Å²) in [6, 6.07) is 12.6. The highest BCUT2D eigenvalue weighted by Gasteiger charge is 2.34. The number of carbonyl (C=O) groups excluding carboxylic acids is 2. The van der Waals surface area contributed by atoms with E-state index in [9.17, 15) is 9.59 Å². The van der Waals surface area contributed by atoms with Crippen molar-refractivity contribution < 1.29 is 19.1 Å². The second-order valence-electron chi connectivity index (χ2n) is 6.47. The molecule has 0 radical (unpaired) electrons. The minimum atomic E-state index is -0.332. The summed E-state index contributed by atoms with van der Waals surface area (Å²) < 4.78 is 12.1. The maximum Gasteiger partial charge on any atom is 0.293 e. The molecule has 0 aromatic heterocycles. The van der Waals surface area contributed by atoms with Gasteiger partial charge >= 0.3 is 0 Å². The Balaban J connectivity index is 1.65. The Labute approximate surface area is 187 Å². The van der Waals surface area contributed by atoms with Crippen LogP contribution in [0.25, 0.3) is 6.08 Å². The molecule has 1 aliphatic heterocycles. The largest absolute Gasteiger partial charge is 0.490 e. The van der Waals surface area contributed by atoms with Crippen LogP contribution in [0.4, 0.5) is 4.79 Å². The number of imide groups is 1. The van der Waals surface area contributed by atoms with Crippen molar-refractivity contribution in [3.63, 3.8) is 0 Å². The van der Waals surface area contributed by atoms with Gasteiger partial charge in [-0.15, -0.1) is 0 Å². The number of rotatable bonds is 7. The SMILES string of the molecule is CC(C)Oc1ccc(/C=C2\SC(=O)N(CCOc3ccccc3Cl)C2=O)cc1Br. The van der Waals surface area contributed by atoms with Gasteiger partial charge in [0.25, 0.3) is 11.1 Å². The number of halogens is 2. The molecule has 0 saturated carbocycles. The summed E-state index contributed by atoms with van der Waals surface area (Å²) in [5, 5.41) is 0.167. The van der Waals surface area contributed by atoms with Gasteiger partial charge in [-0.1, -0.05) is 29.8 Å². The third-order valence-corrected chi connectivity index (χ3v) is 5.74. The van der Waals surface area contributed by atoms with E-state index in [1.165, 1.54) is 4.90 Å². The molecular weight excluding hydrogens is 478 g/mol. The van der Waals surface area contributed by atoms with E-state index in [4.69, 9.17) is 21.1 Å². The van der Waals surface area contributed by atoms with Gasteiger partial charge in [-0.3, -0.25) is 14.5 Å². The predicted molar refractivity (Wildman–Crippen MR) is 120 cm³/mol. The normalized spacial score (nSPS) is 15.5. The molecule has 29 heavy (non-hydrogen) atoms. The van der Waals surface area contributed by atoms with Crippen molar-refractivity contribution in [2.45, 2.75) is 20.0 Å². The van der Waals surface area contributed by atoms with Crippen LogP contribution in [0.2, 0.25) is 5.02 Å². The van der Waals surface area contributed by atoms with Crippen molar-refractivity contribution in [1.82, 2.24) is 4.90 Å². The first-order valence-corrected chi connectivity index (χ1v) is 10.9. The molecule has 8 heteroatoms. The van der Waals surface area contributed by atoms with Crippen molar-refractivity contribution in [1.29, 1.82) is 0 Å². The first-order chi connectivity index (χ1) is 13.8. The van der Waals surface area contributed by atoms with E-state index in [1.54, 1.807) is 30.3 Å². The molecule has 2 aromatic rings. The standard InChI is InChI=1S/C21H19BrClNO4S/c1-13(2)28-17-8-7-14(11-15(17)22)12-19-20(25)24(21(26)29-19)9-10-27-18-6-4-3-5-16(18)23/h3-8,11-13H,9-10H2,1-2H3/b19-12-. The molecule has 0 unspecified atom stereocenters. The van der Waals surface area contributed by atoms with E-state index in [-0.39, 0.29) is 30.4 Å². The van der Waals surface area contributed by atoms with Crippen molar-refractivity contribution in [2.75, 3.05) is 13.2 Å². The van der Waals surface area contributed by atoms with E-state index in [0.29, 0.717) is 15.7 Å². The molecule has 5 nitrogen and oxygen atoms in total. The van der Waals surface area contributed by atoms with Crippen LogP contribution in [0.1, 0.15) is 19.4 Å². The average molecular weight is 497 g/mol. The van der Waals surface area contributed by atoms with E-state index in [0.717, 1.165) is 27.5 Å². The second-order valence-corrected chi connectivity index (χ2v) is 8.72. The van der Waals surface area contributed by atoms with Crippen LogP contribution < -0.4 is 9.47 Å². The van der Waals surface area contributed by atoms with Gasteiger partial charge in [0, 0.05) is 0 Å². The van der Waals surface area contributed by atoms with Crippen LogP contribution in [0.5, 0.6) is 11.5 Å². The maximum atomic E-state index is 12.6. The number of nitrogens with zero attached hydrogens (tertiary/aromatic N) is 1. The molecule has 152 valence electrons. The van der Waals surface area contributed by atoms with E-state index in [1.807, 2.05) is 32.0 Å². The van der Waals surface area contributed by atoms with Crippen molar-refractivity contribution in [3.8, 4) is 11.5 Å². The summed E-state index contributed by atoms with van der Waals surface area (Å²) in [6.45, 7) is 4.22. The molecule has 0 atom stereocenters. The molecule has 0 aliphatic carbocycles. The van der Waals surface area contributed by atoms with Gasteiger partial charge in [0.15, 0.2) is 0 Å². The molecule has 0 spiro atoms. The first-order valence-electron chi connectivity index (χ1n) is 8.94. The van der Waals surface area contributed by atoms with Crippen LogP contribution in [-0.2, 0) is 4.79 Å². The molecule has 0 bridgehead atoms. The summed E-state index contributed by atoms with van der Waals surface area (Å²) >= 11 is 10.4. The van der Waals surface area contributed by atoms with E-state index >= 15 is 0 Å². The highest BCUT2D eigenvalue weighted by atomic mass is 79.9. The Morgan fingerprint density at radius 3 is 2.62 bits per heavy atom. The number of para-hydroxylation sites is 1. The fourth-order valence-corrected chi connectivity index (χ4v) is 4.15. The Bertz CT molecular complexity index is 963. The number of benzene rings is 2. The van der Waals surface area contributed by atoms with Gasteiger partial charge in [0.05, 0.1) is 27.0 Å². The molecule has 1 saturated heterocycles. The van der Waals surface area contributed by atoms with E-state index < -0.39 is 0 Å². The molecule has 3 rings (SSSR count). The maximum absolute atomic E-state index is 12.6. The highest BCUT2D eigenvalue weighted by molar-refractivity contribution is 9.10. The van der Waals surface area contributed by atoms with Crippen LogP contribution in [0.15, 0.2) is 51.8 Å². The van der Waals surface area contributed by atoms with Gasteiger partial charge in [-0.25, -0.2) is 0 Å². The van der Waals surface area contributed by atoms with Gasteiger partial charge in [-0.2, -0.15) is 0 Å². The molecule has 1 aliphatic rings. The number of hydrogen-bond acceptors (Lipinski definition) is 5. The average Bonchev–Trinajstić information content (AvgIpc) is 2.92. The van der Waals surface area contributed by atoms with Crippen molar-refractivity contribution in [3.05, 3.63) is 62.4 Å². The molecule has 1 heterocycles. The highest BCUT2D eigenvalue weighted by Crippen LogP contribution is 2.34. The zero-order valence-corrected chi connectivity index (χ0v) is 19.0. The van der Waals surface area contributed by atoms with Crippen LogP contribution >= 0.6 is 39.3 Å². The number of carbonyl (C=O) groups is 2. The third kappa shape index (κ3) is 5.56. The third-order valence-electron chi connectivity index (χ3n) is 3.90. The topological polar surface area (TPSA) is 55.8 Å². The number of amides is 2. The van der Waals surface area contributed by atoms with Crippen molar-refractivity contribution in [2.24, 2.45) is 0 Å².